The molecule has 1 unspecified atom stereocenters. The first kappa shape index (κ1) is 18.5. The van der Waals surface area contributed by atoms with Crippen molar-refractivity contribution in [1.82, 2.24) is 20.2 Å². The van der Waals surface area contributed by atoms with E-state index in [0.29, 0.717) is 18.4 Å². The number of aromatic nitrogens is 4. The quantitative estimate of drug-likeness (QED) is 0.737. The maximum Gasteiger partial charge on any atom is 0.416 e. The zero-order chi connectivity index (χ0) is 19.0. The van der Waals surface area contributed by atoms with Crippen LogP contribution in [0.4, 0.5) is 13.2 Å². The van der Waals surface area contributed by atoms with Crippen LogP contribution in [0, 0.1) is 11.3 Å². The molecule has 0 bridgehead atoms. The molecule has 1 atom stereocenters. The van der Waals surface area contributed by atoms with Crippen LogP contribution in [0.5, 0.6) is 0 Å². The molecule has 2 aromatic rings. The van der Waals surface area contributed by atoms with Crippen LogP contribution in [0.25, 0.3) is 0 Å². The average molecular weight is 373 g/mol. The second-order valence-corrected chi connectivity index (χ2v) is 7.05. The normalized spacial score (nSPS) is 13.3. The molecule has 0 amide bonds. The lowest BCUT2D eigenvalue weighted by Crippen LogP contribution is -2.19. The van der Waals surface area contributed by atoms with Gasteiger partial charge in [0.2, 0.25) is 0 Å². The van der Waals surface area contributed by atoms with Crippen molar-refractivity contribution in [2.45, 2.75) is 17.0 Å². The summed E-state index contributed by atoms with van der Waals surface area (Å²) < 4.78 is 63.2. The lowest BCUT2D eigenvalue weighted by Gasteiger charge is -2.13. The van der Waals surface area contributed by atoms with Gasteiger partial charge in [0.1, 0.15) is 0 Å². The van der Waals surface area contributed by atoms with E-state index in [4.69, 9.17) is 0 Å². The molecule has 2 rings (SSSR count). The highest BCUT2D eigenvalue weighted by atomic mass is 32.2. The summed E-state index contributed by atoms with van der Waals surface area (Å²) in [5, 5.41) is 19.5. The number of ketones is 1. The molecule has 132 valence electrons. The summed E-state index contributed by atoms with van der Waals surface area (Å²) >= 11 is 0. The van der Waals surface area contributed by atoms with Gasteiger partial charge >= 0.3 is 6.18 Å². The van der Waals surface area contributed by atoms with Gasteiger partial charge in [-0.05, 0) is 28.6 Å². The number of rotatable bonds is 4. The third-order valence-corrected chi connectivity index (χ3v) is 4.41. The van der Waals surface area contributed by atoms with Crippen molar-refractivity contribution in [3.8, 4) is 6.07 Å². The number of halogens is 3. The van der Waals surface area contributed by atoms with Gasteiger partial charge in [-0.15, -0.1) is 5.10 Å². The van der Waals surface area contributed by atoms with Crippen LogP contribution in [-0.4, -0.2) is 40.7 Å². The third kappa shape index (κ3) is 3.66. The lowest BCUT2D eigenvalue weighted by molar-refractivity contribution is -0.137. The Kier molecular flexibility index (Phi) is 4.63. The maximum absolute atomic E-state index is 12.8. The number of alkyl halides is 3. The first-order valence-corrected chi connectivity index (χ1v) is 8.43. The van der Waals surface area contributed by atoms with Gasteiger partial charge in [0, 0.05) is 18.9 Å². The first-order valence-electron chi connectivity index (χ1n) is 6.54. The highest BCUT2D eigenvalue weighted by Crippen LogP contribution is 2.33. The molecule has 1 aromatic heterocycles. The van der Waals surface area contributed by atoms with E-state index in [2.05, 4.69) is 15.5 Å². The van der Waals surface area contributed by atoms with Crippen LogP contribution >= 0.6 is 0 Å². The van der Waals surface area contributed by atoms with Gasteiger partial charge in [0.25, 0.3) is 0 Å². The predicted molar refractivity (Wildman–Crippen MR) is 76.0 cm³/mol. The fourth-order valence-electron chi connectivity index (χ4n) is 2.08. The first-order chi connectivity index (χ1) is 11.5. The molecular formula is C13H10F3N5O3S. The molecule has 0 fully saturated rings. The number of nitriles is 1. The lowest BCUT2D eigenvalue weighted by atomic mass is 9.97. The topological polar surface area (TPSA) is 119 Å². The number of sulfone groups is 1. The minimum absolute atomic E-state index is 0.160. The average Bonchev–Trinajstić information content (AvgIpc) is 2.91. The minimum Gasteiger partial charge on any atom is -0.292 e. The molecular weight excluding hydrogens is 363 g/mol. The SMILES string of the molecule is Cn1nnnc1C(C#N)C(=O)c1ccc(C(F)(F)F)cc1S(C)(=O)=O. The number of carbonyl (C=O) groups is 1. The fraction of sp³-hybridized carbons (Fsp3) is 0.308. The number of hydrogen-bond donors (Lipinski definition) is 0. The number of carbonyl (C=O) groups excluding carboxylic acids is 1. The Balaban J connectivity index is 2.64. The zero-order valence-electron chi connectivity index (χ0n) is 12.8. The van der Waals surface area contributed by atoms with Gasteiger partial charge in [0.15, 0.2) is 27.4 Å². The number of tetrazole rings is 1. The van der Waals surface area contributed by atoms with Crippen LogP contribution in [0.1, 0.15) is 27.7 Å². The molecule has 0 aliphatic rings. The predicted octanol–water partition coefficient (Wildman–Crippen LogP) is 1.12. The van der Waals surface area contributed by atoms with Crippen molar-refractivity contribution in [3.05, 3.63) is 35.2 Å². The number of aryl methyl sites for hydroxylation is 1. The van der Waals surface area contributed by atoms with Crippen LogP contribution in [0.2, 0.25) is 0 Å². The van der Waals surface area contributed by atoms with E-state index in [1.54, 1.807) is 6.07 Å². The van der Waals surface area contributed by atoms with E-state index in [1.807, 2.05) is 0 Å². The van der Waals surface area contributed by atoms with Crippen molar-refractivity contribution < 1.29 is 26.4 Å². The Morgan fingerprint density at radius 1 is 1.36 bits per heavy atom. The zero-order valence-corrected chi connectivity index (χ0v) is 13.6. The van der Waals surface area contributed by atoms with Gasteiger partial charge in [-0.1, -0.05) is 0 Å². The van der Waals surface area contributed by atoms with E-state index < -0.39 is 43.7 Å². The molecule has 0 saturated heterocycles. The van der Waals surface area contributed by atoms with Crippen LogP contribution in [0.15, 0.2) is 23.1 Å². The molecule has 0 spiro atoms. The summed E-state index contributed by atoms with van der Waals surface area (Å²) in [6, 6.07) is 3.31. The Hall–Kier alpha value is -2.81. The molecule has 1 aromatic carbocycles. The van der Waals surface area contributed by atoms with Gasteiger partial charge in [0.05, 0.1) is 16.5 Å². The second kappa shape index (κ2) is 6.25. The van der Waals surface area contributed by atoms with Gasteiger partial charge < -0.3 is 0 Å². The largest absolute Gasteiger partial charge is 0.416 e. The summed E-state index contributed by atoms with van der Waals surface area (Å²) in [6.07, 6.45) is -4.12. The highest BCUT2D eigenvalue weighted by Gasteiger charge is 2.35. The van der Waals surface area contributed by atoms with Gasteiger partial charge in [-0.3, -0.25) is 4.79 Å². The molecule has 0 saturated carbocycles. The monoisotopic (exact) mass is 373 g/mol. The van der Waals surface area contributed by atoms with E-state index in [0.717, 1.165) is 10.7 Å². The number of benzene rings is 1. The smallest absolute Gasteiger partial charge is 0.292 e. The Labute approximate surface area is 139 Å². The van der Waals surface area contributed by atoms with Crippen molar-refractivity contribution >= 4 is 15.6 Å². The van der Waals surface area contributed by atoms with E-state index >= 15 is 0 Å². The molecule has 1 heterocycles. The van der Waals surface area contributed by atoms with Gasteiger partial charge in [-0.25, -0.2) is 13.1 Å². The third-order valence-electron chi connectivity index (χ3n) is 3.28. The highest BCUT2D eigenvalue weighted by molar-refractivity contribution is 7.90. The minimum atomic E-state index is -4.79. The summed E-state index contributed by atoms with van der Waals surface area (Å²) in [6.45, 7) is 0. The number of Topliss-reactive ketones (excluding diaryl/α,β-unsaturated/α-hetero) is 1. The maximum atomic E-state index is 12.8. The Morgan fingerprint density at radius 2 is 2.00 bits per heavy atom. The van der Waals surface area contributed by atoms with Crippen LogP contribution in [0.3, 0.4) is 0 Å². The van der Waals surface area contributed by atoms with Crippen molar-refractivity contribution in [3.63, 3.8) is 0 Å². The molecule has 0 N–H and O–H groups in total. The summed E-state index contributed by atoms with van der Waals surface area (Å²) in [5.41, 5.74) is -1.76. The van der Waals surface area contributed by atoms with E-state index in [-0.39, 0.29) is 5.82 Å². The van der Waals surface area contributed by atoms with E-state index in [1.165, 1.54) is 7.05 Å². The molecule has 0 aliphatic carbocycles. The summed E-state index contributed by atoms with van der Waals surface area (Å²) in [7, 11) is -2.81. The Bertz CT molecular complexity index is 976. The van der Waals surface area contributed by atoms with Gasteiger partial charge in [-0.2, -0.15) is 18.4 Å². The van der Waals surface area contributed by atoms with Crippen LogP contribution < -0.4 is 0 Å². The summed E-state index contributed by atoms with van der Waals surface area (Å²) in [4.78, 5) is 11.8. The van der Waals surface area contributed by atoms with Crippen molar-refractivity contribution in [1.29, 1.82) is 5.26 Å². The van der Waals surface area contributed by atoms with Crippen LogP contribution in [-0.2, 0) is 23.1 Å². The second-order valence-electron chi connectivity index (χ2n) is 5.07. The molecule has 0 aliphatic heterocycles. The number of nitrogens with zero attached hydrogens (tertiary/aromatic N) is 5. The molecule has 25 heavy (non-hydrogen) atoms. The van der Waals surface area contributed by atoms with E-state index in [9.17, 15) is 31.6 Å². The Morgan fingerprint density at radius 3 is 2.44 bits per heavy atom. The molecule has 12 heteroatoms. The van der Waals surface area contributed by atoms with Crippen molar-refractivity contribution in [2.75, 3.05) is 6.26 Å². The molecule has 8 nitrogen and oxygen atoms in total. The summed E-state index contributed by atoms with van der Waals surface area (Å²) in [5.74, 6) is -2.75. The fourth-order valence-corrected chi connectivity index (χ4v) is 2.99. The van der Waals surface area contributed by atoms with Crippen molar-refractivity contribution in [2.24, 2.45) is 7.05 Å². The molecule has 0 radical (unpaired) electrons. The standard InChI is InChI=1S/C13H10F3N5O3S/c1-21-12(18-19-20-21)9(6-17)11(22)8-4-3-7(13(14,15)16)5-10(8)25(2,23)24/h3-5,9H,1-2H3. The number of hydrogen-bond acceptors (Lipinski definition) is 7.